The van der Waals surface area contributed by atoms with Crippen LogP contribution in [0.15, 0.2) is 12.3 Å². The van der Waals surface area contributed by atoms with Crippen molar-refractivity contribution in [3.63, 3.8) is 0 Å². The topological polar surface area (TPSA) is 103 Å². The number of carbonyl (C=O) groups excluding carboxylic acids is 1. The lowest BCUT2D eigenvalue weighted by atomic mass is 9.90. The molecule has 0 radical (unpaired) electrons. The zero-order valence-electron chi connectivity index (χ0n) is 10.6. The maximum Gasteiger partial charge on any atom is 0.250 e. The summed E-state index contributed by atoms with van der Waals surface area (Å²) in [5.74, 6) is 0.131. The van der Waals surface area contributed by atoms with E-state index in [0.717, 1.165) is 13.1 Å². The van der Waals surface area contributed by atoms with Gasteiger partial charge in [0.25, 0.3) is 0 Å². The highest BCUT2D eigenvalue weighted by atomic mass is 16.5. The van der Waals surface area contributed by atoms with Gasteiger partial charge in [0.2, 0.25) is 5.91 Å². The molecule has 1 atom stereocenters. The molecule has 0 aromatic carbocycles. The summed E-state index contributed by atoms with van der Waals surface area (Å²) >= 11 is 0. The average molecular weight is 250 g/mol. The molecule has 1 saturated heterocycles. The van der Waals surface area contributed by atoms with E-state index in [4.69, 9.17) is 16.2 Å². The van der Waals surface area contributed by atoms with Crippen molar-refractivity contribution in [2.24, 2.45) is 11.1 Å². The number of hydrogen-bond donors (Lipinski definition) is 3. The quantitative estimate of drug-likeness (QED) is 0.708. The number of amides is 1. The Hall–Kier alpha value is -1.82. The van der Waals surface area contributed by atoms with E-state index < -0.39 is 5.91 Å². The second kappa shape index (κ2) is 4.45. The van der Waals surface area contributed by atoms with Crippen LogP contribution in [0.25, 0.3) is 0 Å². The van der Waals surface area contributed by atoms with Crippen LogP contribution in [0.5, 0.6) is 5.75 Å². The first-order chi connectivity index (χ1) is 8.40. The summed E-state index contributed by atoms with van der Waals surface area (Å²) in [5, 5.41) is 3.26. The summed E-state index contributed by atoms with van der Waals surface area (Å²) in [4.78, 5) is 15.0. The number of carbonyl (C=O) groups is 1. The van der Waals surface area contributed by atoms with Crippen molar-refractivity contribution < 1.29 is 9.53 Å². The van der Waals surface area contributed by atoms with Gasteiger partial charge in [0.15, 0.2) is 11.6 Å². The summed E-state index contributed by atoms with van der Waals surface area (Å²) in [6, 6.07) is 1.54. The Morgan fingerprint density at radius 3 is 2.89 bits per heavy atom. The Morgan fingerprint density at radius 2 is 2.33 bits per heavy atom. The van der Waals surface area contributed by atoms with Gasteiger partial charge in [0.05, 0.1) is 5.56 Å². The van der Waals surface area contributed by atoms with Crippen molar-refractivity contribution in [2.45, 2.75) is 20.0 Å². The number of hydrogen-bond acceptors (Lipinski definition) is 5. The van der Waals surface area contributed by atoms with Gasteiger partial charge in [-0.25, -0.2) is 4.98 Å². The maximum absolute atomic E-state index is 11.1. The van der Waals surface area contributed by atoms with Crippen LogP contribution in [0.1, 0.15) is 24.2 Å². The first-order valence-electron chi connectivity index (χ1n) is 5.83. The van der Waals surface area contributed by atoms with Crippen LogP contribution in [-0.2, 0) is 0 Å². The lowest BCUT2D eigenvalue weighted by molar-refractivity contribution is 0.0997. The molecule has 98 valence electrons. The highest BCUT2D eigenvalue weighted by molar-refractivity contribution is 5.93. The molecule has 1 aliphatic rings. The lowest BCUT2D eigenvalue weighted by Gasteiger charge is -2.26. The largest absolute Gasteiger partial charge is 0.485 e. The minimum Gasteiger partial charge on any atom is -0.485 e. The van der Waals surface area contributed by atoms with E-state index in [1.165, 1.54) is 6.20 Å². The number of aromatic nitrogens is 1. The third kappa shape index (κ3) is 2.38. The van der Waals surface area contributed by atoms with Gasteiger partial charge >= 0.3 is 0 Å². The molecule has 2 heterocycles. The van der Waals surface area contributed by atoms with Crippen molar-refractivity contribution in [2.75, 3.05) is 18.8 Å². The Morgan fingerprint density at radius 1 is 1.61 bits per heavy atom. The fourth-order valence-electron chi connectivity index (χ4n) is 1.95. The Labute approximate surface area is 106 Å². The SMILES string of the molecule is CC1(C)CNC[C@@H]1Oc1cc(C(N)=O)cnc1N. The molecular formula is C12H18N4O2. The van der Waals surface area contributed by atoms with Crippen molar-refractivity contribution in [1.82, 2.24) is 10.3 Å². The molecule has 2 rings (SSSR count). The lowest BCUT2D eigenvalue weighted by Crippen LogP contribution is -2.33. The molecule has 0 aliphatic carbocycles. The second-order valence-electron chi connectivity index (χ2n) is 5.20. The highest BCUT2D eigenvalue weighted by Gasteiger charge is 2.36. The standard InChI is InChI=1S/C12H18N4O2/c1-12(2)6-15-5-9(12)18-8-3-7(11(14)17)4-16-10(8)13/h3-4,9,15H,5-6H2,1-2H3,(H2,13,16)(H2,14,17)/t9-/m0/s1. The third-order valence-electron chi connectivity index (χ3n) is 3.22. The predicted octanol–water partition coefficient (Wildman–Crippen LogP) is 0.140. The maximum atomic E-state index is 11.1. The van der Waals surface area contributed by atoms with E-state index >= 15 is 0 Å². The molecule has 18 heavy (non-hydrogen) atoms. The van der Waals surface area contributed by atoms with Crippen molar-refractivity contribution in [3.8, 4) is 5.75 Å². The van der Waals surface area contributed by atoms with Crippen LogP contribution in [0, 0.1) is 5.41 Å². The minimum atomic E-state index is -0.545. The van der Waals surface area contributed by atoms with E-state index in [1.807, 2.05) is 0 Å². The summed E-state index contributed by atoms with van der Waals surface area (Å²) < 4.78 is 5.85. The summed E-state index contributed by atoms with van der Waals surface area (Å²) in [6.45, 7) is 5.84. The zero-order chi connectivity index (χ0) is 13.3. The van der Waals surface area contributed by atoms with Gasteiger partial charge in [-0.1, -0.05) is 13.8 Å². The Balaban J connectivity index is 2.23. The van der Waals surface area contributed by atoms with Gasteiger partial charge in [-0.2, -0.15) is 0 Å². The van der Waals surface area contributed by atoms with E-state index in [-0.39, 0.29) is 17.3 Å². The van der Waals surface area contributed by atoms with Gasteiger partial charge in [-0.3, -0.25) is 4.79 Å². The molecule has 0 spiro atoms. The van der Waals surface area contributed by atoms with Crippen LogP contribution in [0.2, 0.25) is 0 Å². The summed E-state index contributed by atoms with van der Waals surface area (Å²) in [5.41, 5.74) is 11.3. The van der Waals surface area contributed by atoms with Crippen LogP contribution in [-0.4, -0.2) is 30.1 Å². The smallest absolute Gasteiger partial charge is 0.250 e. The second-order valence-corrected chi connectivity index (χ2v) is 5.20. The third-order valence-corrected chi connectivity index (χ3v) is 3.22. The van der Waals surface area contributed by atoms with E-state index in [0.29, 0.717) is 11.3 Å². The van der Waals surface area contributed by atoms with Crippen LogP contribution >= 0.6 is 0 Å². The number of primary amides is 1. The number of nitrogens with zero attached hydrogens (tertiary/aromatic N) is 1. The molecule has 1 aromatic rings. The first-order valence-corrected chi connectivity index (χ1v) is 5.83. The fraction of sp³-hybridized carbons (Fsp3) is 0.500. The molecule has 5 N–H and O–H groups in total. The van der Waals surface area contributed by atoms with E-state index in [9.17, 15) is 4.79 Å². The first kappa shape index (κ1) is 12.6. The molecule has 6 heteroatoms. The number of rotatable bonds is 3. The van der Waals surface area contributed by atoms with E-state index in [1.54, 1.807) is 6.07 Å². The summed E-state index contributed by atoms with van der Waals surface area (Å²) in [6.07, 6.45) is 1.34. The average Bonchev–Trinajstić information content (AvgIpc) is 2.61. The zero-order valence-corrected chi connectivity index (χ0v) is 10.6. The summed E-state index contributed by atoms with van der Waals surface area (Å²) in [7, 11) is 0. The van der Waals surface area contributed by atoms with Crippen molar-refractivity contribution in [3.05, 3.63) is 17.8 Å². The number of nitrogens with one attached hydrogen (secondary N) is 1. The van der Waals surface area contributed by atoms with Gasteiger partial charge in [0, 0.05) is 24.7 Å². The predicted molar refractivity (Wildman–Crippen MR) is 68.2 cm³/mol. The van der Waals surface area contributed by atoms with Gasteiger partial charge in [0.1, 0.15) is 6.10 Å². The molecule has 1 amide bonds. The number of anilines is 1. The van der Waals surface area contributed by atoms with Crippen molar-refractivity contribution in [1.29, 1.82) is 0 Å². The number of ether oxygens (including phenoxy) is 1. The molecule has 1 aromatic heterocycles. The molecule has 0 saturated carbocycles. The Bertz CT molecular complexity index is 473. The molecule has 0 bridgehead atoms. The van der Waals surface area contributed by atoms with Gasteiger partial charge < -0.3 is 21.5 Å². The molecule has 0 unspecified atom stereocenters. The number of pyridine rings is 1. The van der Waals surface area contributed by atoms with Gasteiger partial charge in [-0.15, -0.1) is 0 Å². The van der Waals surface area contributed by atoms with Crippen LogP contribution < -0.4 is 21.5 Å². The van der Waals surface area contributed by atoms with Crippen LogP contribution in [0.4, 0.5) is 5.82 Å². The molecular weight excluding hydrogens is 232 g/mol. The highest BCUT2D eigenvalue weighted by Crippen LogP contribution is 2.30. The minimum absolute atomic E-state index is 0.00910. The van der Waals surface area contributed by atoms with Crippen molar-refractivity contribution >= 4 is 11.7 Å². The molecule has 1 aliphatic heterocycles. The normalized spacial score (nSPS) is 21.8. The monoisotopic (exact) mass is 250 g/mol. The van der Waals surface area contributed by atoms with E-state index in [2.05, 4.69) is 24.1 Å². The Kier molecular flexibility index (Phi) is 3.13. The number of nitrogens with two attached hydrogens (primary N) is 2. The van der Waals surface area contributed by atoms with Crippen LogP contribution in [0.3, 0.4) is 0 Å². The molecule has 1 fully saturated rings. The van der Waals surface area contributed by atoms with Gasteiger partial charge in [-0.05, 0) is 6.07 Å². The number of nitrogen functional groups attached to an aromatic ring is 1. The molecule has 6 nitrogen and oxygen atoms in total. The fourth-order valence-corrected chi connectivity index (χ4v) is 1.95.